The van der Waals surface area contributed by atoms with E-state index in [4.69, 9.17) is 23.2 Å². The molecule has 0 atom stereocenters. The third-order valence-corrected chi connectivity index (χ3v) is 0.667. The van der Waals surface area contributed by atoms with Gasteiger partial charge in [-0.15, -0.1) is 0 Å². The van der Waals surface area contributed by atoms with Crippen molar-refractivity contribution in [3.8, 4) is 0 Å². The largest absolute Gasteiger partial charge is 2.00 e. The molecule has 0 aromatic rings. The van der Waals surface area contributed by atoms with E-state index in [0.29, 0.717) is 0 Å². The van der Waals surface area contributed by atoms with Gasteiger partial charge in [0.2, 0.25) is 0 Å². The Kier molecular flexibility index (Phi) is 5.46. The van der Waals surface area contributed by atoms with Gasteiger partial charge in [-0.1, -0.05) is 23.2 Å². The van der Waals surface area contributed by atoms with E-state index in [1.807, 2.05) is 0 Å². The zero-order valence-corrected chi connectivity index (χ0v) is 7.21. The minimum atomic E-state index is -1.75. The minimum Gasteiger partial charge on any atom is -0.547 e. The zero-order valence-electron chi connectivity index (χ0n) is 4.28. The molecule has 0 radical (unpaired) electrons. The van der Waals surface area contributed by atoms with E-state index in [2.05, 4.69) is 0 Å². The Labute approximate surface area is 73.3 Å². The van der Waals surface area contributed by atoms with Gasteiger partial charge in [-0.05, 0) is 6.92 Å². The van der Waals surface area contributed by atoms with Crippen LogP contribution in [0.15, 0.2) is 0 Å². The summed E-state index contributed by atoms with van der Waals surface area (Å²) in [4.78, 5) is 9.65. The van der Waals surface area contributed by atoms with E-state index >= 15 is 0 Å². The number of rotatable bonds is 1. The van der Waals surface area contributed by atoms with Crippen molar-refractivity contribution in [1.29, 1.82) is 0 Å². The molecule has 0 aliphatic rings. The molecule has 0 aromatic heterocycles. The van der Waals surface area contributed by atoms with E-state index in [1.165, 1.54) is 0 Å². The summed E-state index contributed by atoms with van der Waals surface area (Å²) in [6.45, 7) is 1.13. The molecular weight excluding hydrogens is 163 g/mol. The smallest absolute Gasteiger partial charge is 0.547 e. The fraction of sp³-hybridized carbons (Fsp3) is 0.667. The van der Waals surface area contributed by atoms with Gasteiger partial charge in [0, 0.05) is 0 Å². The number of carboxylic acids is 1. The second-order valence-electron chi connectivity index (χ2n) is 1.18. The van der Waals surface area contributed by atoms with E-state index in [0.717, 1.165) is 6.92 Å². The van der Waals surface area contributed by atoms with Crippen molar-refractivity contribution in [2.24, 2.45) is 0 Å². The van der Waals surface area contributed by atoms with Gasteiger partial charge in [0.25, 0.3) is 0 Å². The van der Waals surface area contributed by atoms with Crippen LogP contribution >= 0.6 is 23.2 Å². The molecule has 0 amide bonds. The third-order valence-electron chi connectivity index (χ3n) is 0.358. The summed E-state index contributed by atoms with van der Waals surface area (Å²) in [6, 6.07) is 0. The number of carboxylic acid groups (broad SMARTS) is 1. The summed E-state index contributed by atoms with van der Waals surface area (Å²) in [6.07, 6.45) is 0. The molecule has 2 nitrogen and oxygen atoms in total. The first-order valence-electron chi connectivity index (χ1n) is 1.54. The Morgan fingerprint density at radius 2 is 1.75 bits per heavy atom. The first-order chi connectivity index (χ1) is 2.94. The Morgan fingerprint density at radius 1 is 1.62 bits per heavy atom. The molecule has 0 aliphatic carbocycles. The summed E-state index contributed by atoms with van der Waals surface area (Å²) >= 11 is 9.94. The number of carbonyl (C=O) groups is 1. The molecule has 0 saturated carbocycles. The van der Waals surface area contributed by atoms with Gasteiger partial charge in [-0.3, -0.25) is 0 Å². The van der Waals surface area contributed by atoms with Crippen molar-refractivity contribution in [2.45, 2.75) is 11.3 Å². The van der Waals surface area contributed by atoms with Crippen LogP contribution in [-0.2, 0) is 4.79 Å². The summed E-state index contributed by atoms with van der Waals surface area (Å²) in [5.41, 5.74) is 0. The number of hydrogen-bond acceptors (Lipinski definition) is 2. The first-order valence-corrected chi connectivity index (χ1v) is 2.29. The fourth-order valence-electron chi connectivity index (χ4n) is 0. The quantitative estimate of drug-likeness (QED) is 0.391. The van der Waals surface area contributed by atoms with Crippen LogP contribution in [0.5, 0.6) is 0 Å². The maximum atomic E-state index is 9.65. The maximum Gasteiger partial charge on any atom is 2.00 e. The summed E-state index contributed by atoms with van der Waals surface area (Å²) < 4.78 is -1.75. The van der Waals surface area contributed by atoms with E-state index in [1.54, 1.807) is 0 Å². The topological polar surface area (TPSA) is 40.1 Å². The van der Waals surface area contributed by atoms with Gasteiger partial charge in [-0.25, -0.2) is 0 Å². The number of carbonyl (C=O) groups excluding carboxylic acids is 1. The van der Waals surface area contributed by atoms with Crippen molar-refractivity contribution in [1.82, 2.24) is 0 Å². The molecule has 0 aromatic carbocycles. The normalized spacial score (nSPS) is 9.88. The van der Waals surface area contributed by atoms with Crippen LogP contribution < -0.4 is 5.11 Å². The molecule has 8 heavy (non-hydrogen) atoms. The van der Waals surface area contributed by atoms with Crippen molar-refractivity contribution >= 4 is 52.2 Å². The van der Waals surface area contributed by atoms with Gasteiger partial charge in [0.1, 0.15) is 0 Å². The van der Waals surface area contributed by atoms with Gasteiger partial charge >= 0.3 is 23.1 Å². The molecule has 5 heteroatoms. The number of aliphatic carboxylic acids is 1. The van der Waals surface area contributed by atoms with Crippen LogP contribution in [0.4, 0.5) is 0 Å². The van der Waals surface area contributed by atoms with Crippen molar-refractivity contribution < 1.29 is 9.90 Å². The molecule has 42 valence electrons. The minimum absolute atomic E-state index is 0. The predicted octanol–water partition coefficient (Wildman–Crippen LogP) is -0.451. The molecular formula is C3H3Cl2MgO2+. The van der Waals surface area contributed by atoms with Crippen LogP contribution in [0.2, 0.25) is 0 Å². The summed E-state index contributed by atoms with van der Waals surface area (Å²) in [5.74, 6) is -1.48. The van der Waals surface area contributed by atoms with Crippen molar-refractivity contribution in [3.05, 3.63) is 0 Å². The van der Waals surface area contributed by atoms with Crippen molar-refractivity contribution in [2.75, 3.05) is 0 Å². The summed E-state index contributed by atoms with van der Waals surface area (Å²) in [5, 5.41) is 9.65. The van der Waals surface area contributed by atoms with Crippen LogP contribution in [-0.4, -0.2) is 33.4 Å². The molecule has 0 aliphatic heterocycles. The van der Waals surface area contributed by atoms with Crippen molar-refractivity contribution in [3.63, 3.8) is 0 Å². The number of alkyl halides is 2. The third kappa shape index (κ3) is 4.96. The Hall–Kier alpha value is 0.816. The van der Waals surface area contributed by atoms with E-state index in [9.17, 15) is 9.90 Å². The average molecular weight is 166 g/mol. The van der Waals surface area contributed by atoms with Gasteiger partial charge < -0.3 is 9.90 Å². The van der Waals surface area contributed by atoms with Crippen LogP contribution in [0, 0.1) is 0 Å². The second-order valence-corrected chi connectivity index (χ2v) is 2.88. The second kappa shape index (κ2) is 3.77. The Morgan fingerprint density at radius 3 is 1.75 bits per heavy atom. The first kappa shape index (κ1) is 11.6. The van der Waals surface area contributed by atoms with E-state index in [-0.39, 0.29) is 23.1 Å². The molecule has 0 spiro atoms. The molecule has 0 saturated heterocycles. The SMILES string of the molecule is CC(Cl)(Cl)C(=O)[O-].[Mg+2]. The molecule has 0 bridgehead atoms. The standard InChI is InChI=1S/C3H4Cl2O2.Mg/c1-3(4,5)2(6)7;/h1H3,(H,6,7);/q;+2/p-1. The van der Waals surface area contributed by atoms with Gasteiger partial charge in [0.05, 0.1) is 5.97 Å². The van der Waals surface area contributed by atoms with Crippen LogP contribution in [0.1, 0.15) is 6.92 Å². The Balaban J connectivity index is 0. The predicted molar refractivity (Wildman–Crippen MR) is 30.9 cm³/mol. The average Bonchev–Trinajstić information content (AvgIpc) is 1.31. The maximum absolute atomic E-state index is 9.65. The number of hydrogen-bond donors (Lipinski definition) is 0. The fourth-order valence-corrected chi connectivity index (χ4v) is 0. The monoisotopic (exact) mass is 165 g/mol. The van der Waals surface area contributed by atoms with Gasteiger partial charge in [-0.2, -0.15) is 0 Å². The molecule has 0 heterocycles. The van der Waals surface area contributed by atoms with E-state index < -0.39 is 10.3 Å². The molecule has 0 N–H and O–H groups in total. The summed E-state index contributed by atoms with van der Waals surface area (Å²) in [7, 11) is 0. The number of halogens is 2. The zero-order chi connectivity index (χ0) is 6.08. The Bertz CT molecular complexity index is 87.8. The van der Waals surface area contributed by atoms with Crippen LogP contribution in [0.3, 0.4) is 0 Å². The molecule has 0 rings (SSSR count). The molecule has 0 unspecified atom stereocenters. The molecule has 0 fully saturated rings. The van der Waals surface area contributed by atoms with Gasteiger partial charge in [0.15, 0.2) is 4.33 Å². The van der Waals surface area contributed by atoms with Crippen LogP contribution in [0.25, 0.3) is 0 Å².